The summed E-state index contributed by atoms with van der Waals surface area (Å²) < 4.78 is 48.1. The summed E-state index contributed by atoms with van der Waals surface area (Å²) in [4.78, 5) is 42.2. The first-order valence-corrected chi connectivity index (χ1v) is 15.7. The van der Waals surface area contributed by atoms with Crippen LogP contribution in [0.4, 0.5) is 19.3 Å². The van der Waals surface area contributed by atoms with Gasteiger partial charge in [0.1, 0.15) is 28.8 Å². The van der Waals surface area contributed by atoms with Crippen molar-refractivity contribution >= 4 is 17.6 Å². The summed E-state index contributed by atoms with van der Waals surface area (Å²) in [7, 11) is 4.44. The average molecular weight is 653 g/mol. The quantitative estimate of drug-likeness (QED) is 0.334. The number of urea groups is 1. The molecule has 0 saturated carbocycles. The number of amides is 3. The maximum absolute atomic E-state index is 15.6. The minimum absolute atomic E-state index is 0.00848. The number of nitrogens with one attached hydrogen (secondary N) is 2. The number of ether oxygens (including phenoxy) is 3. The van der Waals surface area contributed by atoms with Crippen molar-refractivity contribution in [1.82, 2.24) is 15.2 Å². The number of pyridine rings is 1. The summed E-state index contributed by atoms with van der Waals surface area (Å²) in [5, 5.41) is 5.87. The Morgan fingerprint density at radius 1 is 1.02 bits per heavy atom. The van der Waals surface area contributed by atoms with Gasteiger partial charge in [-0.25, -0.2) is 13.6 Å². The monoisotopic (exact) mass is 652 g/mol. The second-order valence-electron chi connectivity index (χ2n) is 12.7. The average Bonchev–Trinajstić information content (AvgIpc) is 3.28. The van der Waals surface area contributed by atoms with Crippen LogP contribution in [0.2, 0.25) is 0 Å². The largest absolute Gasteiger partial charge is 0.497 e. The molecule has 12 heteroatoms. The summed E-state index contributed by atoms with van der Waals surface area (Å²) in [6, 6.07) is 9.65. The standard InChI is InChI=1S/C35H42F2N4O6/c1-20-30(31-26(36)17-23(47-6)18-27(31)37)24(32(42)41(20)28-8-7-13-40(33(28)43)14-15-45-4)19-38-34(44)39-29-12-9-21-16-22(46-5)10-11-25(21)35(29,2)3/h7-8,10-11,13,16-18,20,24,29-30H,9,12,14-15,19H2,1-6H3,(H2,38,39,44)/t20-,24?,29?,30+/m0/s1. The zero-order chi connectivity index (χ0) is 34.0. The first kappa shape index (κ1) is 33.9. The van der Waals surface area contributed by atoms with Crippen molar-refractivity contribution in [2.24, 2.45) is 5.92 Å². The summed E-state index contributed by atoms with van der Waals surface area (Å²) >= 11 is 0. The molecule has 2 aliphatic rings. The zero-order valence-corrected chi connectivity index (χ0v) is 27.6. The van der Waals surface area contributed by atoms with Crippen LogP contribution in [0.3, 0.4) is 0 Å². The van der Waals surface area contributed by atoms with Crippen molar-refractivity contribution in [3.8, 4) is 11.5 Å². The summed E-state index contributed by atoms with van der Waals surface area (Å²) in [6.45, 7) is 6.09. The van der Waals surface area contributed by atoms with Gasteiger partial charge in [0, 0.05) is 67.5 Å². The highest BCUT2D eigenvalue weighted by Crippen LogP contribution is 2.43. The third-order valence-corrected chi connectivity index (χ3v) is 9.70. The van der Waals surface area contributed by atoms with E-state index in [1.54, 1.807) is 26.3 Å². The molecule has 1 fully saturated rings. The maximum atomic E-state index is 15.6. The normalized spacial score (nSPS) is 21.7. The fraction of sp³-hybridized carbons (Fsp3) is 0.457. The molecule has 2 aromatic carbocycles. The molecule has 2 N–H and O–H groups in total. The predicted molar refractivity (Wildman–Crippen MR) is 173 cm³/mol. The van der Waals surface area contributed by atoms with Gasteiger partial charge in [0.15, 0.2) is 0 Å². The number of hydrogen-bond donors (Lipinski definition) is 2. The second-order valence-corrected chi connectivity index (χ2v) is 12.7. The van der Waals surface area contributed by atoms with E-state index in [9.17, 15) is 14.4 Å². The molecule has 0 radical (unpaired) electrons. The highest BCUT2D eigenvalue weighted by molar-refractivity contribution is 5.99. The van der Waals surface area contributed by atoms with Crippen molar-refractivity contribution in [3.63, 3.8) is 0 Å². The van der Waals surface area contributed by atoms with E-state index in [1.165, 1.54) is 29.8 Å². The highest BCUT2D eigenvalue weighted by atomic mass is 19.1. The molecule has 4 atom stereocenters. The topological polar surface area (TPSA) is 111 Å². The molecule has 1 aliphatic heterocycles. The van der Waals surface area contributed by atoms with Gasteiger partial charge in [0.05, 0.1) is 26.7 Å². The molecule has 3 aromatic rings. The van der Waals surface area contributed by atoms with E-state index in [4.69, 9.17) is 14.2 Å². The van der Waals surface area contributed by atoms with Crippen molar-refractivity contribution in [3.05, 3.63) is 87.3 Å². The van der Waals surface area contributed by atoms with E-state index >= 15 is 8.78 Å². The lowest BCUT2D eigenvalue weighted by atomic mass is 9.69. The minimum atomic E-state index is -1.08. The van der Waals surface area contributed by atoms with Gasteiger partial charge in [-0.3, -0.25) is 9.59 Å². The molecule has 0 spiro atoms. The van der Waals surface area contributed by atoms with E-state index in [0.717, 1.165) is 35.4 Å². The molecular weight excluding hydrogens is 610 g/mol. The first-order valence-electron chi connectivity index (χ1n) is 15.7. The Morgan fingerprint density at radius 2 is 1.72 bits per heavy atom. The number of hydrogen-bond acceptors (Lipinski definition) is 6. The van der Waals surface area contributed by atoms with Crippen LogP contribution in [0.1, 0.15) is 49.8 Å². The number of benzene rings is 2. The summed E-state index contributed by atoms with van der Waals surface area (Å²) in [6.07, 6.45) is 3.01. The van der Waals surface area contributed by atoms with Crippen LogP contribution < -0.4 is 30.6 Å². The lowest BCUT2D eigenvalue weighted by Gasteiger charge is -2.41. The second kappa shape index (κ2) is 13.7. The van der Waals surface area contributed by atoms with E-state index in [-0.39, 0.29) is 42.7 Å². The molecule has 5 rings (SSSR count). The van der Waals surface area contributed by atoms with Gasteiger partial charge < -0.3 is 34.3 Å². The Kier molecular flexibility index (Phi) is 9.90. The van der Waals surface area contributed by atoms with Crippen LogP contribution >= 0.6 is 0 Å². The number of halogens is 2. The van der Waals surface area contributed by atoms with Crippen LogP contribution in [0.15, 0.2) is 53.5 Å². The molecule has 10 nitrogen and oxygen atoms in total. The molecule has 2 unspecified atom stereocenters. The zero-order valence-electron chi connectivity index (χ0n) is 27.6. The Balaban J connectivity index is 1.42. The maximum Gasteiger partial charge on any atom is 0.315 e. The Morgan fingerprint density at radius 3 is 2.38 bits per heavy atom. The molecule has 1 saturated heterocycles. The minimum Gasteiger partial charge on any atom is -0.497 e. The van der Waals surface area contributed by atoms with E-state index in [2.05, 4.69) is 24.5 Å². The summed E-state index contributed by atoms with van der Waals surface area (Å²) in [5.74, 6) is -3.63. The van der Waals surface area contributed by atoms with Gasteiger partial charge >= 0.3 is 6.03 Å². The number of carbonyl (C=O) groups excluding carboxylic acids is 2. The highest BCUT2D eigenvalue weighted by Gasteiger charge is 2.50. The van der Waals surface area contributed by atoms with Gasteiger partial charge in [-0.2, -0.15) is 0 Å². The number of fused-ring (bicyclic) bond motifs is 1. The number of rotatable bonds is 10. The molecule has 252 valence electrons. The Hall–Kier alpha value is -4.45. The molecule has 0 bridgehead atoms. The van der Waals surface area contributed by atoms with Gasteiger partial charge in [-0.05, 0) is 55.2 Å². The van der Waals surface area contributed by atoms with Crippen LogP contribution in [-0.2, 0) is 27.9 Å². The SMILES string of the molecule is COCCn1cccc(N2C(=O)C(CNC(=O)NC3CCc4cc(OC)ccc4C3(C)C)[C@H](c3c(F)cc(OC)cc3F)[C@@H]2C)c1=O. The third-order valence-electron chi connectivity index (χ3n) is 9.70. The first-order chi connectivity index (χ1) is 22.4. The lowest BCUT2D eigenvalue weighted by Crippen LogP contribution is -2.53. The Labute approximate surface area is 273 Å². The van der Waals surface area contributed by atoms with Gasteiger partial charge in [0.2, 0.25) is 5.91 Å². The van der Waals surface area contributed by atoms with Gasteiger partial charge in [-0.15, -0.1) is 0 Å². The number of aromatic nitrogens is 1. The fourth-order valence-electron chi connectivity index (χ4n) is 7.14. The van der Waals surface area contributed by atoms with E-state index in [0.29, 0.717) is 6.42 Å². The third kappa shape index (κ3) is 6.43. The molecule has 1 aliphatic carbocycles. The van der Waals surface area contributed by atoms with Crippen molar-refractivity contribution in [2.75, 3.05) is 39.4 Å². The number of nitrogens with zero attached hydrogens (tertiary/aromatic N) is 2. The van der Waals surface area contributed by atoms with Gasteiger partial charge in [0.25, 0.3) is 5.56 Å². The fourth-order valence-corrected chi connectivity index (χ4v) is 7.14. The molecule has 1 aromatic heterocycles. The van der Waals surface area contributed by atoms with Crippen LogP contribution in [0.25, 0.3) is 0 Å². The Bertz CT molecular complexity index is 1690. The van der Waals surface area contributed by atoms with Crippen molar-refractivity contribution < 1.29 is 32.6 Å². The van der Waals surface area contributed by atoms with E-state index in [1.807, 2.05) is 18.2 Å². The van der Waals surface area contributed by atoms with Gasteiger partial charge in [-0.1, -0.05) is 19.9 Å². The van der Waals surface area contributed by atoms with Crippen molar-refractivity contribution in [1.29, 1.82) is 0 Å². The lowest BCUT2D eigenvalue weighted by molar-refractivity contribution is -0.120. The molecular formula is C35H42F2N4O6. The van der Waals surface area contributed by atoms with Crippen LogP contribution in [0, 0.1) is 17.6 Å². The molecule has 3 amide bonds. The number of aryl methyl sites for hydroxylation is 1. The number of anilines is 1. The predicted octanol–water partition coefficient (Wildman–Crippen LogP) is 4.52. The van der Waals surface area contributed by atoms with Crippen molar-refractivity contribution in [2.45, 2.75) is 63.6 Å². The molecule has 47 heavy (non-hydrogen) atoms. The molecule has 2 heterocycles. The van der Waals surface area contributed by atoms with Crippen LogP contribution in [0.5, 0.6) is 11.5 Å². The summed E-state index contributed by atoms with van der Waals surface area (Å²) in [5.41, 5.74) is 1.19. The number of methoxy groups -OCH3 is 3. The number of carbonyl (C=O) groups is 2. The van der Waals surface area contributed by atoms with E-state index < -0.39 is 52.4 Å². The smallest absolute Gasteiger partial charge is 0.315 e. The van der Waals surface area contributed by atoms with Crippen LogP contribution in [-0.4, -0.2) is 63.1 Å².